The van der Waals surface area contributed by atoms with Gasteiger partial charge in [-0.05, 0) is 20.8 Å². The highest BCUT2D eigenvalue weighted by Crippen LogP contribution is 2.16. The van der Waals surface area contributed by atoms with E-state index in [1.807, 2.05) is 0 Å². The first-order chi connectivity index (χ1) is 9.86. The number of carbonyl (C=O) groups is 2. The number of allylic oxidation sites excluding steroid dienone is 1. The molecule has 0 aliphatic heterocycles. The van der Waals surface area contributed by atoms with Crippen LogP contribution in [-0.2, 0) is 19.1 Å². The number of hydrogen-bond acceptors (Lipinski definition) is 6. The molecule has 2 unspecified atom stereocenters. The molecule has 0 aliphatic rings. The third-order valence-electron chi connectivity index (χ3n) is 2.48. The van der Waals surface area contributed by atoms with Gasteiger partial charge in [-0.2, -0.15) is 0 Å². The fourth-order valence-corrected chi connectivity index (χ4v) is 1.64. The van der Waals surface area contributed by atoms with Crippen LogP contribution in [0, 0.1) is 0 Å². The van der Waals surface area contributed by atoms with E-state index in [9.17, 15) is 19.8 Å². The molecule has 2 atom stereocenters. The summed E-state index contributed by atoms with van der Waals surface area (Å²) in [5.41, 5.74) is -1.56. The van der Waals surface area contributed by atoms with Crippen molar-refractivity contribution in [2.45, 2.75) is 45.3 Å². The molecule has 6 heteroatoms. The molecule has 0 fully saturated rings. The molecule has 0 saturated carbocycles. The fourth-order valence-electron chi connectivity index (χ4n) is 1.64. The average molecular weight is 300 g/mol. The predicted molar refractivity (Wildman–Crippen MR) is 77.4 cm³/mol. The minimum Gasteiger partial charge on any atom is -0.466 e. The number of rotatable bonds is 9. The second kappa shape index (κ2) is 10.1. The summed E-state index contributed by atoms with van der Waals surface area (Å²) in [6.07, 6.45) is 3.95. The minimum atomic E-state index is -1.56. The van der Waals surface area contributed by atoms with E-state index in [-0.39, 0.29) is 26.1 Å². The Labute approximate surface area is 125 Å². The van der Waals surface area contributed by atoms with Crippen LogP contribution in [0.2, 0.25) is 0 Å². The van der Waals surface area contributed by atoms with Crippen molar-refractivity contribution >= 4 is 11.9 Å². The topological polar surface area (TPSA) is 93.1 Å². The molecule has 0 aromatic rings. The first-order valence-corrected chi connectivity index (χ1v) is 6.91. The van der Waals surface area contributed by atoms with Crippen molar-refractivity contribution in [3.63, 3.8) is 0 Å². The number of aliphatic hydroxyl groups is 2. The summed E-state index contributed by atoms with van der Waals surface area (Å²) in [5, 5.41) is 20.0. The van der Waals surface area contributed by atoms with E-state index in [1.165, 1.54) is 18.2 Å². The molecule has 0 saturated heterocycles. The lowest BCUT2D eigenvalue weighted by molar-refractivity contribution is -0.146. The molecule has 0 bridgehead atoms. The maximum Gasteiger partial charge on any atom is 0.309 e. The van der Waals surface area contributed by atoms with E-state index in [2.05, 4.69) is 0 Å². The molecule has 0 rings (SSSR count). The Balaban J connectivity index is 4.70. The third kappa shape index (κ3) is 8.99. The van der Waals surface area contributed by atoms with Crippen molar-refractivity contribution < 1.29 is 29.3 Å². The molecule has 120 valence electrons. The maximum absolute atomic E-state index is 11.5. The summed E-state index contributed by atoms with van der Waals surface area (Å²) < 4.78 is 9.49. The predicted octanol–water partition coefficient (Wildman–Crippen LogP) is 1.12. The number of esters is 2. The Bertz CT molecular complexity index is 388. The molecule has 6 nitrogen and oxygen atoms in total. The van der Waals surface area contributed by atoms with E-state index in [1.54, 1.807) is 26.8 Å². The summed E-state index contributed by atoms with van der Waals surface area (Å²) in [4.78, 5) is 22.7. The van der Waals surface area contributed by atoms with Crippen LogP contribution >= 0.6 is 0 Å². The van der Waals surface area contributed by atoms with Gasteiger partial charge in [0.2, 0.25) is 0 Å². The highest BCUT2D eigenvalue weighted by atomic mass is 16.5. The lowest BCUT2D eigenvalue weighted by Crippen LogP contribution is -2.28. The van der Waals surface area contributed by atoms with Gasteiger partial charge < -0.3 is 19.7 Å². The van der Waals surface area contributed by atoms with Crippen LogP contribution < -0.4 is 0 Å². The Kier molecular flexibility index (Phi) is 9.32. The fraction of sp³-hybridized carbons (Fsp3) is 0.600. The van der Waals surface area contributed by atoms with Gasteiger partial charge in [0.15, 0.2) is 0 Å². The molecule has 21 heavy (non-hydrogen) atoms. The van der Waals surface area contributed by atoms with Gasteiger partial charge in [-0.15, -0.1) is 0 Å². The third-order valence-corrected chi connectivity index (χ3v) is 2.48. The summed E-state index contributed by atoms with van der Waals surface area (Å²) in [5.74, 6) is -1.09. The van der Waals surface area contributed by atoms with Crippen LogP contribution in [0.5, 0.6) is 0 Å². The molecule has 0 heterocycles. The molecule has 2 N–H and O–H groups in total. The van der Waals surface area contributed by atoms with Crippen LogP contribution in [0.25, 0.3) is 0 Å². The van der Waals surface area contributed by atoms with E-state index in [4.69, 9.17) is 9.47 Å². The highest BCUT2D eigenvalue weighted by molar-refractivity contribution is 5.72. The van der Waals surface area contributed by atoms with E-state index >= 15 is 0 Å². The van der Waals surface area contributed by atoms with Crippen molar-refractivity contribution in [1.82, 2.24) is 0 Å². The lowest BCUT2D eigenvalue weighted by atomic mass is 9.97. The molecular weight excluding hydrogens is 276 g/mol. The van der Waals surface area contributed by atoms with Crippen LogP contribution in [0.1, 0.15) is 33.6 Å². The quantitative estimate of drug-likeness (QED) is 0.489. The summed E-state index contributed by atoms with van der Waals surface area (Å²) in [6, 6.07) is 0. The lowest BCUT2D eigenvalue weighted by Gasteiger charge is -2.20. The van der Waals surface area contributed by atoms with Crippen molar-refractivity contribution in [1.29, 1.82) is 0 Å². The van der Waals surface area contributed by atoms with Crippen LogP contribution in [0.4, 0.5) is 0 Å². The van der Waals surface area contributed by atoms with Gasteiger partial charge >= 0.3 is 11.9 Å². The largest absolute Gasteiger partial charge is 0.466 e. The van der Waals surface area contributed by atoms with E-state index in [0.29, 0.717) is 0 Å². The standard InChI is InChI=1S/C15H24O6/c1-4-8-15(19,11-14(18)21-6-3)9-7-12(16)10-13(17)20-5-2/h4,7-9,12,16,19H,5-6,10-11H2,1-3H3/b8-4-,9-7-. The molecule has 0 aromatic heterocycles. The average Bonchev–Trinajstić information content (AvgIpc) is 2.37. The first kappa shape index (κ1) is 19.3. The highest BCUT2D eigenvalue weighted by Gasteiger charge is 2.25. The number of aliphatic hydroxyl groups excluding tert-OH is 1. The van der Waals surface area contributed by atoms with Crippen molar-refractivity contribution in [2.24, 2.45) is 0 Å². The van der Waals surface area contributed by atoms with Crippen molar-refractivity contribution in [3.8, 4) is 0 Å². The summed E-state index contributed by atoms with van der Waals surface area (Å²) >= 11 is 0. The molecular formula is C15H24O6. The minimum absolute atomic E-state index is 0.213. The van der Waals surface area contributed by atoms with Gasteiger partial charge in [0.1, 0.15) is 5.60 Å². The van der Waals surface area contributed by atoms with E-state index in [0.717, 1.165) is 0 Å². The summed E-state index contributed by atoms with van der Waals surface area (Å²) in [7, 11) is 0. The Morgan fingerprint density at radius 2 is 1.71 bits per heavy atom. The second-order valence-electron chi connectivity index (χ2n) is 4.41. The summed E-state index contributed by atoms with van der Waals surface area (Å²) in [6.45, 7) is 5.50. The zero-order chi connectivity index (χ0) is 16.3. The van der Waals surface area contributed by atoms with Gasteiger partial charge in [-0.1, -0.05) is 24.3 Å². The smallest absolute Gasteiger partial charge is 0.309 e. The Morgan fingerprint density at radius 1 is 1.14 bits per heavy atom. The van der Waals surface area contributed by atoms with Gasteiger partial charge in [-0.25, -0.2) is 0 Å². The monoisotopic (exact) mass is 300 g/mol. The van der Waals surface area contributed by atoms with Gasteiger partial charge in [0, 0.05) is 0 Å². The zero-order valence-corrected chi connectivity index (χ0v) is 12.7. The second-order valence-corrected chi connectivity index (χ2v) is 4.41. The van der Waals surface area contributed by atoms with Crippen molar-refractivity contribution in [2.75, 3.05) is 13.2 Å². The normalized spacial score (nSPS) is 15.9. The SMILES string of the molecule is C/C=C\C(O)(/C=C\C(O)CC(=O)OCC)CC(=O)OCC. The Hall–Kier alpha value is -1.66. The molecule has 0 radical (unpaired) electrons. The number of hydrogen-bond donors (Lipinski definition) is 2. The molecule has 0 amide bonds. The zero-order valence-electron chi connectivity index (χ0n) is 12.7. The van der Waals surface area contributed by atoms with Crippen molar-refractivity contribution in [3.05, 3.63) is 24.3 Å². The maximum atomic E-state index is 11.5. The van der Waals surface area contributed by atoms with Crippen LogP contribution in [-0.4, -0.2) is 47.1 Å². The van der Waals surface area contributed by atoms with Gasteiger partial charge in [-0.3, -0.25) is 9.59 Å². The van der Waals surface area contributed by atoms with Crippen LogP contribution in [0.3, 0.4) is 0 Å². The number of carbonyl (C=O) groups excluding carboxylic acids is 2. The van der Waals surface area contributed by atoms with E-state index < -0.39 is 23.6 Å². The number of ether oxygens (including phenoxy) is 2. The Morgan fingerprint density at radius 3 is 2.24 bits per heavy atom. The molecule has 0 spiro atoms. The first-order valence-electron chi connectivity index (χ1n) is 6.91. The van der Waals surface area contributed by atoms with Gasteiger partial charge in [0.05, 0.1) is 32.2 Å². The van der Waals surface area contributed by atoms with Crippen LogP contribution in [0.15, 0.2) is 24.3 Å². The molecule has 0 aliphatic carbocycles. The molecule has 0 aromatic carbocycles. The van der Waals surface area contributed by atoms with Gasteiger partial charge in [0.25, 0.3) is 0 Å².